The van der Waals surface area contributed by atoms with Gasteiger partial charge in [0.1, 0.15) is 6.54 Å². The van der Waals surface area contributed by atoms with Crippen LogP contribution in [0, 0.1) is 11.3 Å². The van der Waals surface area contributed by atoms with Crippen molar-refractivity contribution in [3.8, 4) is 6.07 Å². The first-order valence-electron chi connectivity index (χ1n) is 2.88. The van der Waals surface area contributed by atoms with Gasteiger partial charge in [0.15, 0.2) is 0 Å². The molecule has 1 N–H and O–H groups in total. The third-order valence-corrected chi connectivity index (χ3v) is 0.416. The average molecular weight is 128 g/mol. The lowest BCUT2D eigenvalue weighted by atomic mass is 10.6. The van der Waals surface area contributed by atoms with Gasteiger partial charge in [-0.15, -0.1) is 0 Å². The van der Waals surface area contributed by atoms with Crippen LogP contribution in [0.15, 0.2) is 0 Å². The van der Waals surface area contributed by atoms with E-state index >= 15 is 0 Å². The van der Waals surface area contributed by atoms with Gasteiger partial charge in [0.2, 0.25) is 5.91 Å². The molecule has 0 radical (unpaired) electrons. The number of hydrogen-bond acceptors (Lipinski definition) is 2. The molecule has 0 atom stereocenters. The molecule has 0 saturated carbocycles. The van der Waals surface area contributed by atoms with Crippen molar-refractivity contribution in [1.82, 2.24) is 5.32 Å². The van der Waals surface area contributed by atoms with E-state index in [9.17, 15) is 4.79 Å². The van der Waals surface area contributed by atoms with Crippen molar-refractivity contribution >= 4 is 5.91 Å². The summed E-state index contributed by atoms with van der Waals surface area (Å²) in [6, 6.07) is 1.77. The standard InChI is InChI=1S/C4H6N2O.C2H6/c1-4(7)6-3-2-5;1-2/h3H2,1H3,(H,6,7);1-2H3. The van der Waals surface area contributed by atoms with Crippen LogP contribution in [0.5, 0.6) is 0 Å². The highest BCUT2D eigenvalue weighted by molar-refractivity contribution is 5.72. The van der Waals surface area contributed by atoms with E-state index in [1.54, 1.807) is 6.07 Å². The molecule has 0 aromatic heterocycles. The zero-order valence-electron chi connectivity index (χ0n) is 6.06. The molecule has 0 aliphatic heterocycles. The molecule has 0 saturated heterocycles. The van der Waals surface area contributed by atoms with E-state index in [4.69, 9.17) is 5.26 Å². The Morgan fingerprint density at radius 3 is 2.22 bits per heavy atom. The summed E-state index contributed by atoms with van der Waals surface area (Å²) in [5.41, 5.74) is 0. The van der Waals surface area contributed by atoms with Crippen molar-refractivity contribution in [3.63, 3.8) is 0 Å². The molecule has 0 spiro atoms. The fraction of sp³-hybridized carbons (Fsp3) is 0.667. The summed E-state index contributed by atoms with van der Waals surface area (Å²) in [6.07, 6.45) is 0. The van der Waals surface area contributed by atoms with Crippen LogP contribution in [0.2, 0.25) is 0 Å². The Morgan fingerprint density at radius 2 is 2.11 bits per heavy atom. The summed E-state index contributed by atoms with van der Waals surface area (Å²) in [5, 5.41) is 10.1. The number of amides is 1. The first kappa shape index (κ1) is 10.9. The Kier molecular flexibility index (Phi) is 12.1. The number of rotatable bonds is 1. The summed E-state index contributed by atoms with van der Waals surface area (Å²) in [4.78, 5) is 9.94. The predicted octanol–water partition coefficient (Wildman–Crippen LogP) is 0.672. The van der Waals surface area contributed by atoms with Crippen LogP contribution in [0.25, 0.3) is 0 Å². The van der Waals surface area contributed by atoms with E-state index in [0.717, 1.165) is 0 Å². The maximum Gasteiger partial charge on any atom is 0.217 e. The van der Waals surface area contributed by atoms with Crippen molar-refractivity contribution in [2.75, 3.05) is 6.54 Å². The van der Waals surface area contributed by atoms with Crippen LogP contribution in [-0.4, -0.2) is 12.5 Å². The molecular weight excluding hydrogens is 116 g/mol. The van der Waals surface area contributed by atoms with Crippen molar-refractivity contribution in [1.29, 1.82) is 5.26 Å². The first-order valence-corrected chi connectivity index (χ1v) is 2.88. The molecule has 1 amide bonds. The van der Waals surface area contributed by atoms with E-state index < -0.39 is 0 Å². The van der Waals surface area contributed by atoms with Crippen LogP contribution in [-0.2, 0) is 4.79 Å². The molecule has 3 nitrogen and oxygen atoms in total. The quantitative estimate of drug-likeness (QED) is 0.528. The maximum absolute atomic E-state index is 9.94. The van der Waals surface area contributed by atoms with Gasteiger partial charge >= 0.3 is 0 Å². The Bertz CT molecular complexity index is 104. The minimum absolute atomic E-state index is 0.106. The van der Waals surface area contributed by atoms with Gasteiger partial charge in [-0.3, -0.25) is 4.79 Å². The molecule has 0 aromatic rings. The Hall–Kier alpha value is -1.04. The topological polar surface area (TPSA) is 52.9 Å². The summed E-state index contributed by atoms with van der Waals surface area (Å²) >= 11 is 0. The van der Waals surface area contributed by atoms with E-state index in [0.29, 0.717) is 0 Å². The van der Waals surface area contributed by atoms with Crippen LogP contribution in [0.4, 0.5) is 0 Å². The van der Waals surface area contributed by atoms with E-state index in [-0.39, 0.29) is 12.5 Å². The Morgan fingerprint density at radius 1 is 1.67 bits per heavy atom. The van der Waals surface area contributed by atoms with E-state index in [1.165, 1.54) is 6.92 Å². The second-order valence-corrected chi connectivity index (χ2v) is 1.07. The number of nitrogens with zero attached hydrogens (tertiary/aromatic N) is 1. The Labute approximate surface area is 55.7 Å². The van der Waals surface area contributed by atoms with Crippen molar-refractivity contribution in [2.24, 2.45) is 0 Å². The zero-order chi connectivity index (χ0) is 7.70. The first-order chi connectivity index (χ1) is 4.27. The normalized spacial score (nSPS) is 6.00. The highest BCUT2D eigenvalue weighted by atomic mass is 16.1. The third-order valence-electron chi connectivity index (χ3n) is 0.416. The molecule has 0 aliphatic carbocycles. The molecule has 0 aromatic carbocycles. The molecule has 0 bridgehead atoms. The molecule has 0 heterocycles. The van der Waals surface area contributed by atoms with Crippen LogP contribution in [0.3, 0.4) is 0 Å². The number of carbonyl (C=O) groups is 1. The summed E-state index contributed by atoms with van der Waals surface area (Å²) in [6.45, 7) is 5.48. The highest BCUT2D eigenvalue weighted by Gasteiger charge is 1.82. The molecule has 0 aliphatic rings. The smallest absolute Gasteiger partial charge is 0.217 e. The summed E-state index contributed by atoms with van der Waals surface area (Å²) in [7, 11) is 0. The number of nitrogens with one attached hydrogen (secondary N) is 1. The number of nitriles is 1. The van der Waals surface area contributed by atoms with Gasteiger partial charge in [-0.05, 0) is 0 Å². The van der Waals surface area contributed by atoms with Gasteiger partial charge in [0.05, 0.1) is 6.07 Å². The minimum atomic E-state index is -0.165. The number of carbonyl (C=O) groups excluding carboxylic acids is 1. The molecule has 9 heavy (non-hydrogen) atoms. The molecular formula is C6H12N2O. The fourth-order valence-electron chi connectivity index (χ4n) is 0.164. The molecule has 0 unspecified atom stereocenters. The Balaban J connectivity index is 0. The SMILES string of the molecule is CC.CC(=O)NCC#N. The van der Waals surface area contributed by atoms with Crippen LogP contribution < -0.4 is 5.32 Å². The lowest BCUT2D eigenvalue weighted by Crippen LogP contribution is -2.19. The van der Waals surface area contributed by atoms with Crippen molar-refractivity contribution in [2.45, 2.75) is 20.8 Å². The largest absolute Gasteiger partial charge is 0.343 e. The minimum Gasteiger partial charge on any atom is -0.343 e. The van der Waals surface area contributed by atoms with Gasteiger partial charge < -0.3 is 5.32 Å². The van der Waals surface area contributed by atoms with Gasteiger partial charge in [0.25, 0.3) is 0 Å². The maximum atomic E-state index is 9.94. The predicted molar refractivity (Wildman–Crippen MR) is 35.6 cm³/mol. The van der Waals surface area contributed by atoms with Gasteiger partial charge in [-0.1, -0.05) is 13.8 Å². The average Bonchev–Trinajstić information content (AvgIpc) is 1.88. The van der Waals surface area contributed by atoms with Crippen LogP contribution >= 0.6 is 0 Å². The van der Waals surface area contributed by atoms with Gasteiger partial charge in [-0.25, -0.2) is 0 Å². The lowest BCUT2D eigenvalue weighted by molar-refractivity contribution is -0.118. The molecule has 3 heteroatoms. The number of hydrogen-bond donors (Lipinski definition) is 1. The van der Waals surface area contributed by atoms with Gasteiger partial charge in [-0.2, -0.15) is 5.26 Å². The second-order valence-electron chi connectivity index (χ2n) is 1.07. The monoisotopic (exact) mass is 128 g/mol. The fourth-order valence-corrected chi connectivity index (χ4v) is 0.164. The van der Waals surface area contributed by atoms with E-state index in [1.807, 2.05) is 13.8 Å². The second kappa shape index (κ2) is 10.0. The summed E-state index contributed by atoms with van der Waals surface area (Å²) in [5.74, 6) is -0.165. The van der Waals surface area contributed by atoms with Gasteiger partial charge in [0, 0.05) is 6.92 Å². The van der Waals surface area contributed by atoms with Crippen LogP contribution in [0.1, 0.15) is 20.8 Å². The van der Waals surface area contributed by atoms with Crippen molar-refractivity contribution in [3.05, 3.63) is 0 Å². The summed E-state index contributed by atoms with van der Waals surface area (Å²) < 4.78 is 0. The molecule has 0 rings (SSSR count). The molecule has 0 fully saturated rings. The third kappa shape index (κ3) is 19.5. The molecule has 52 valence electrons. The van der Waals surface area contributed by atoms with E-state index in [2.05, 4.69) is 5.32 Å². The van der Waals surface area contributed by atoms with Crippen molar-refractivity contribution < 1.29 is 4.79 Å². The highest BCUT2D eigenvalue weighted by Crippen LogP contribution is 1.54. The lowest BCUT2D eigenvalue weighted by Gasteiger charge is -1.86. The zero-order valence-corrected chi connectivity index (χ0v) is 6.06.